The molecule has 20 heavy (non-hydrogen) atoms. The first-order chi connectivity index (χ1) is 9.59. The van der Waals surface area contributed by atoms with Gasteiger partial charge in [0, 0.05) is 19.0 Å². The SMILES string of the molecule is CC(c1ccccc1O)N(C)C(=O)CC1CCCCC1. The van der Waals surface area contributed by atoms with Gasteiger partial charge in [-0.05, 0) is 31.7 Å². The second-order valence-corrected chi connectivity index (χ2v) is 5.95. The van der Waals surface area contributed by atoms with E-state index in [1.54, 1.807) is 17.0 Å². The molecule has 0 aliphatic heterocycles. The zero-order chi connectivity index (χ0) is 14.5. The first-order valence-electron chi connectivity index (χ1n) is 7.63. The van der Waals surface area contributed by atoms with E-state index in [0.717, 1.165) is 5.56 Å². The second kappa shape index (κ2) is 6.78. The molecule has 0 spiro atoms. The summed E-state index contributed by atoms with van der Waals surface area (Å²) < 4.78 is 0. The van der Waals surface area contributed by atoms with Crippen LogP contribution in [0.2, 0.25) is 0 Å². The van der Waals surface area contributed by atoms with Crippen molar-refractivity contribution in [3.05, 3.63) is 29.8 Å². The maximum absolute atomic E-state index is 12.4. The van der Waals surface area contributed by atoms with E-state index in [9.17, 15) is 9.90 Å². The zero-order valence-electron chi connectivity index (χ0n) is 12.5. The third kappa shape index (κ3) is 3.53. The van der Waals surface area contributed by atoms with Crippen molar-refractivity contribution in [1.29, 1.82) is 0 Å². The van der Waals surface area contributed by atoms with E-state index in [-0.39, 0.29) is 17.7 Å². The molecule has 1 aromatic rings. The van der Waals surface area contributed by atoms with Crippen LogP contribution in [0, 0.1) is 5.92 Å². The number of hydrogen-bond acceptors (Lipinski definition) is 2. The Labute approximate surface area is 121 Å². The molecular weight excluding hydrogens is 250 g/mol. The van der Waals surface area contributed by atoms with Crippen LogP contribution in [0.25, 0.3) is 0 Å². The average Bonchev–Trinajstić information content (AvgIpc) is 2.47. The Morgan fingerprint density at radius 3 is 2.60 bits per heavy atom. The van der Waals surface area contributed by atoms with Gasteiger partial charge in [-0.25, -0.2) is 0 Å². The lowest BCUT2D eigenvalue weighted by Gasteiger charge is -2.29. The normalized spacial score (nSPS) is 17.7. The lowest BCUT2D eigenvalue weighted by atomic mass is 9.86. The maximum Gasteiger partial charge on any atom is 0.223 e. The van der Waals surface area contributed by atoms with Crippen molar-refractivity contribution in [2.45, 2.75) is 51.5 Å². The Bertz CT molecular complexity index is 452. The molecule has 1 aliphatic carbocycles. The number of hydrogen-bond donors (Lipinski definition) is 1. The molecule has 1 N–H and O–H groups in total. The number of nitrogens with zero attached hydrogens (tertiary/aromatic N) is 1. The van der Waals surface area contributed by atoms with Crippen molar-refractivity contribution in [1.82, 2.24) is 4.90 Å². The summed E-state index contributed by atoms with van der Waals surface area (Å²) >= 11 is 0. The third-order valence-corrected chi connectivity index (χ3v) is 4.55. The molecule has 1 fully saturated rings. The molecule has 0 bridgehead atoms. The molecule has 1 saturated carbocycles. The van der Waals surface area contributed by atoms with Gasteiger partial charge in [-0.2, -0.15) is 0 Å². The Balaban J connectivity index is 1.97. The van der Waals surface area contributed by atoms with Crippen LogP contribution in [0.15, 0.2) is 24.3 Å². The van der Waals surface area contributed by atoms with Crippen LogP contribution in [0.5, 0.6) is 5.75 Å². The predicted octanol–water partition coefficient (Wildman–Crippen LogP) is 3.88. The van der Waals surface area contributed by atoms with Gasteiger partial charge in [0.25, 0.3) is 0 Å². The fourth-order valence-corrected chi connectivity index (χ4v) is 3.05. The summed E-state index contributed by atoms with van der Waals surface area (Å²) in [6, 6.07) is 7.16. The highest BCUT2D eigenvalue weighted by molar-refractivity contribution is 5.76. The quantitative estimate of drug-likeness (QED) is 0.905. The molecule has 0 saturated heterocycles. The molecule has 3 nitrogen and oxygen atoms in total. The maximum atomic E-state index is 12.4. The number of benzene rings is 1. The highest BCUT2D eigenvalue weighted by Crippen LogP contribution is 2.30. The summed E-state index contributed by atoms with van der Waals surface area (Å²) in [5.74, 6) is 1.00. The molecule has 0 heterocycles. The fraction of sp³-hybridized carbons (Fsp3) is 0.588. The van der Waals surface area contributed by atoms with E-state index in [2.05, 4.69) is 0 Å². The van der Waals surface area contributed by atoms with E-state index in [1.807, 2.05) is 26.1 Å². The Hall–Kier alpha value is -1.51. The molecule has 1 amide bonds. The fourth-order valence-electron chi connectivity index (χ4n) is 3.05. The van der Waals surface area contributed by atoms with Crippen molar-refractivity contribution in [2.24, 2.45) is 5.92 Å². The number of phenols is 1. The van der Waals surface area contributed by atoms with E-state index < -0.39 is 0 Å². The summed E-state index contributed by atoms with van der Waals surface area (Å²) in [5, 5.41) is 9.90. The summed E-state index contributed by atoms with van der Waals surface area (Å²) in [4.78, 5) is 14.1. The van der Waals surface area contributed by atoms with Gasteiger partial charge in [-0.15, -0.1) is 0 Å². The van der Waals surface area contributed by atoms with Crippen LogP contribution in [0.4, 0.5) is 0 Å². The minimum absolute atomic E-state index is 0.0905. The van der Waals surface area contributed by atoms with Crippen LogP contribution < -0.4 is 0 Å². The number of carbonyl (C=O) groups is 1. The van der Waals surface area contributed by atoms with Crippen molar-refractivity contribution < 1.29 is 9.90 Å². The van der Waals surface area contributed by atoms with Gasteiger partial charge in [-0.3, -0.25) is 4.79 Å². The number of carbonyl (C=O) groups excluding carboxylic acids is 1. The van der Waals surface area contributed by atoms with Crippen LogP contribution >= 0.6 is 0 Å². The molecule has 1 aliphatic rings. The largest absolute Gasteiger partial charge is 0.508 e. The van der Waals surface area contributed by atoms with Gasteiger partial charge in [0.2, 0.25) is 5.91 Å². The lowest BCUT2D eigenvalue weighted by Crippen LogP contribution is -2.31. The number of aromatic hydroxyl groups is 1. The zero-order valence-corrected chi connectivity index (χ0v) is 12.5. The van der Waals surface area contributed by atoms with Gasteiger partial charge < -0.3 is 10.0 Å². The molecule has 110 valence electrons. The van der Waals surface area contributed by atoms with Crippen molar-refractivity contribution in [3.8, 4) is 5.75 Å². The minimum Gasteiger partial charge on any atom is -0.508 e. The monoisotopic (exact) mass is 275 g/mol. The van der Waals surface area contributed by atoms with E-state index in [1.165, 1.54) is 32.1 Å². The van der Waals surface area contributed by atoms with Gasteiger partial charge in [0.15, 0.2) is 0 Å². The van der Waals surface area contributed by atoms with Crippen molar-refractivity contribution in [3.63, 3.8) is 0 Å². The van der Waals surface area contributed by atoms with Crippen LogP contribution in [0.3, 0.4) is 0 Å². The lowest BCUT2D eigenvalue weighted by molar-refractivity contribution is -0.133. The molecule has 1 unspecified atom stereocenters. The average molecular weight is 275 g/mol. The van der Waals surface area contributed by atoms with E-state index >= 15 is 0 Å². The second-order valence-electron chi connectivity index (χ2n) is 5.95. The number of rotatable bonds is 4. The summed E-state index contributed by atoms with van der Waals surface area (Å²) in [6.45, 7) is 1.97. The highest BCUT2D eigenvalue weighted by Gasteiger charge is 2.23. The Kier molecular flexibility index (Phi) is 5.05. The smallest absolute Gasteiger partial charge is 0.223 e. The van der Waals surface area contributed by atoms with Gasteiger partial charge in [0.05, 0.1) is 6.04 Å². The number of phenolic OH excluding ortho intramolecular Hbond substituents is 1. The summed E-state index contributed by atoms with van der Waals surface area (Å²) in [6.07, 6.45) is 6.85. The van der Waals surface area contributed by atoms with E-state index in [4.69, 9.17) is 0 Å². The molecule has 1 atom stereocenters. The molecule has 1 aromatic carbocycles. The number of amides is 1. The van der Waals surface area contributed by atoms with Gasteiger partial charge in [0.1, 0.15) is 5.75 Å². The van der Waals surface area contributed by atoms with E-state index in [0.29, 0.717) is 12.3 Å². The molecule has 0 radical (unpaired) electrons. The molecular formula is C17H25NO2. The Morgan fingerprint density at radius 1 is 1.30 bits per heavy atom. The highest BCUT2D eigenvalue weighted by atomic mass is 16.3. The first-order valence-corrected chi connectivity index (χ1v) is 7.63. The van der Waals surface area contributed by atoms with Crippen LogP contribution in [-0.4, -0.2) is 23.0 Å². The molecule has 2 rings (SSSR count). The predicted molar refractivity (Wildman–Crippen MR) is 80.5 cm³/mol. The van der Waals surface area contributed by atoms with Crippen molar-refractivity contribution in [2.75, 3.05) is 7.05 Å². The van der Waals surface area contributed by atoms with Gasteiger partial charge >= 0.3 is 0 Å². The van der Waals surface area contributed by atoms with Crippen LogP contribution in [-0.2, 0) is 4.79 Å². The standard InChI is InChI=1S/C17H25NO2/c1-13(15-10-6-7-11-16(15)19)18(2)17(20)12-14-8-4-3-5-9-14/h6-7,10-11,13-14,19H,3-5,8-9,12H2,1-2H3. The van der Waals surface area contributed by atoms with Crippen LogP contribution in [0.1, 0.15) is 57.1 Å². The Morgan fingerprint density at radius 2 is 1.95 bits per heavy atom. The van der Waals surface area contributed by atoms with Gasteiger partial charge in [-0.1, -0.05) is 37.5 Å². The summed E-state index contributed by atoms with van der Waals surface area (Å²) in [5.41, 5.74) is 0.812. The number of para-hydroxylation sites is 1. The molecule has 0 aromatic heterocycles. The third-order valence-electron chi connectivity index (χ3n) is 4.55. The van der Waals surface area contributed by atoms with Crippen molar-refractivity contribution >= 4 is 5.91 Å². The first kappa shape index (κ1) is 14.9. The topological polar surface area (TPSA) is 40.5 Å². The molecule has 3 heteroatoms. The summed E-state index contributed by atoms with van der Waals surface area (Å²) in [7, 11) is 1.84. The minimum atomic E-state index is -0.0905.